The first-order valence-electron chi connectivity index (χ1n) is 7.00. The van der Waals surface area contributed by atoms with Crippen LogP contribution < -0.4 is 5.73 Å². The van der Waals surface area contributed by atoms with Crippen molar-refractivity contribution in [3.8, 4) is 0 Å². The second-order valence-electron chi connectivity index (χ2n) is 5.76. The van der Waals surface area contributed by atoms with Crippen molar-refractivity contribution in [2.24, 2.45) is 5.73 Å². The van der Waals surface area contributed by atoms with Crippen molar-refractivity contribution >= 4 is 0 Å². The predicted octanol–water partition coefficient (Wildman–Crippen LogP) is 0.865. The van der Waals surface area contributed by atoms with Crippen molar-refractivity contribution in [2.45, 2.75) is 25.4 Å². The molecule has 0 saturated carbocycles. The zero-order valence-electron chi connectivity index (χ0n) is 11.2. The summed E-state index contributed by atoms with van der Waals surface area (Å²) in [6.07, 6.45) is 0.997. The Hall–Kier alpha value is -0.900. The highest BCUT2D eigenvalue weighted by Crippen LogP contribution is 2.19. The zero-order chi connectivity index (χ0) is 12.5. The summed E-state index contributed by atoms with van der Waals surface area (Å²) in [7, 11) is 0. The molecule has 0 radical (unpaired) electrons. The molecule has 4 rings (SSSR count). The van der Waals surface area contributed by atoms with Gasteiger partial charge in [-0.2, -0.15) is 0 Å². The molecule has 1 aromatic carbocycles. The normalized spacial score (nSPS) is 32.4. The molecule has 98 valence electrons. The molecule has 0 aliphatic carbocycles. The van der Waals surface area contributed by atoms with Crippen molar-refractivity contribution in [3.63, 3.8) is 0 Å². The summed E-state index contributed by atoms with van der Waals surface area (Å²) >= 11 is 0. The van der Waals surface area contributed by atoms with E-state index in [-0.39, 0.29) is 6.04 Å². The molecule has 3 heterocycles. The molecule has 0 aromatic heterocycles. The van der Waals surface area contributed by atoms with Gasteiger partial charge in [0.25, 0.3) is 0 Å². The molecule has 1 aromatic rings. The maximum absolute atomic E-state index is 6.45. The molecule has 2 atom stereocenters. The topological polar surface area (TPSA) is 32.5 Å². The molecule has 3 fully saturated rings. The number of benzene rings is 1. The summed E-state index contributed by atoms with van der Waals surface area (Å²) in [6.45, 7) is 8.17. The van der Waals surface area contributed by atoms with Crippen molar-refractivity contribution in [1.29, 1.82) is 0 Å². The highest BCUT2D eigenvalue weighted by Gasteiger charge is 2.35. The Morgan fingerprint density at radius 2 is 2.06 bits per heavy atom. The first-order chi connectivity index (χ1) is 8.72. The Morgan fingerprint density at radius 1 is 1.28 bits per heavy atom. The molecule has 2 N–H and O–H groups in total. The van der Waals surface area contributed by atoms with Crippen LogP contribution in [0.3, 0.4) is 0 Å². The zero-order valence-corrected chi connectivity index (χ0v) is 11.2. The fourth-order valence-electron chi connectivity index (χ4n) is 3.31. The summed E-state index contributed by atoms with van der Waals surface area (Å²) in [5, 5.41) is 0. The van der Waals surface area contributed by atoms with Gasteiger partial charge in [-0.05, 0) is 18.9 Å². The quantitative estimate of drug-likeness (QED) is 0.857. The molecule has 2 unspecified atom stereocenters. The van der Waals surface area contributed by atoms with Gasteiger partial charge in [-0.3, -0.25) is 9.80 Å². The number of nitrogens with zero attached hydrogens (tertiary/aromatic N) is 2. The van der Waals surface area contributed by atoms with Crippen LogP contribution >= 0.6 is 0 Å². The van der Waals surface area contributed by atoms with Gasteiger partial charge >= 0.3 is 0 Å². The molecule has 18 heavy (non-hydrogen) atoms. The van der Waals surface area contributed by atoms with Crippen molar-refractivity contribution in [3.05, 3.63) is 35.4 Å². The lowest BCUT2D eigenvalue weighted by molar-refractivity contribution is 0.00258. The van der Waals surface area contributed by atoms with E-state index in [9.17, 15) is 0 Å². The average molecular weight is 245 g/mol. The van der Waals surface area contributed by atoms with Crippen LogP contribution in [0.1, 0.15) is 11.1 Å². The van der Waals surface area contributed by atoms with Gasteiger partial charge in [0.2, 0.25) is 0 Å². The third-order valence-electron chi connectivity index (χ3n) is 4.37. The lowest BCUT2D eigenvalue weighted by Crippen LogP contribution is -2.66. The van der Waals surface area contributed by atoms with Crippen LogP contribution in [0, 0.1) is 6.92 Å². The Bertz CT molecular complexity index is 410. The van der Waals surface area contributed by atoms with Gasteiger partial charge in [-0.15, -0.1) is 0 Å². The second-order valence-corrected chi connectivity index (χ2v) is 5.76. The molecule has 3 heteroatoms. The minimum absolute atomic E-state index is 0.259. The van der Waals surface area contributed by atoms with Gasteiger partial charge < -0.3 is 5.73 Å². The van der Waals surface area contributed by atoms with Crippen molar-refractivity contribution < 1.29 is 0 Å². The van der Waals surface area contributed by atoms with Crippen molar-refractivity contribution in [2.75, 3.05) is 32.7 Å². The number of rotatable bonds is 3. The number of nitrogens with two attached hydrogens (primary N) is 1. The van der Waals surface area contributed by atoms with Gasteiger partial charge in [0, 0.05) is 44.8 Å². The molecule has 3 aliphatic heterocycles. The summed E-state index contributed by atoms with van der Waals surface area (Å²) in [5.74, 6) is 0. The van der Waals surface area contributed by atoms with E-state index in [1.807, 2.05) is 0 Å². The second kappa shape index (κ2) is 5.00. The molecule has 3 saturated heterocycles. The van der Waals surface area contributed by atoms with Crippen LogP contribution in [-0.2, 0) is 6.42 Å². The highest BCUT2D eigenvalue weighted by atomic mass is 15.3. The van der Waals surface area contributed by atoms with E-state index in [4.69, 9.17) is 5.73 Å². The van der Waals surface area contributed by atoms with Crippen molar-refractivity contribution in [1.82, 2.24) is 9.80 Å². The first-order valence-corrected chi connectivity index (χ1v) is 7.00. The summed E-state index contributed by atoms with van der Waals surface area (Å²) in [6, 6.07) is 9.55. The Kier molecular flexibility index (Phi) is 3.37. The summed E-state index contributed by atoms with van der Waals surface area (Å²) in [5.41, 5.74) is 9.15. The SMILES string of the molecule is Cc1cccc(CC(N)C2CN3CCN2CC3)c1. The van der Waals surface area contributed by atoms with E-state index in [0.717, 1.165) is 13.0 Å². The van der Waals surface area contributed by atoms with Crippen LogP contribution in [-0.4, -0.2) is 54.6 Å². The monoisotopic (exact) mass is 245 g/mol. The molecular weight excluding hydrogens is 222 g/mol. The van der Waals surface area contributed by atoms with Gasteiger partial charge in [-0.25, -0.2) is 0 Å². The van der Waals surface area contributed by atoms with Crippen LogP contribution in [0.5, 0.6) is 0 Å². The standard InChI is InChI=1S/C15H23N3/c1-12-3-2-4-13(9-12)10-14(16)15-11-17-5-7-18(15)8-6-17/h2-4,9,14-15H,5-8,10-11,16H2,1H3. The van der Waals surface area contributed by atoms with E-state index in [2.05, 4.69) is 41.0 Å². The first kappa shape index (κ1) is 12.2. The third kappa shape index (κ3) is 2.44. The van der Waals surface area contributed by atoms with Crippen LogP contribution in [0.2, 0.25) is 0 Å². The highest BCUT2D eigenvalue weighted by molar-refractivity contribution is 5.23. The Labute approximate surface area is 110 Å². The molecule has 0 amide bonds. The van der Waals surface area contributed by atoms with E-state index in [1.165, 1.54) is 37.3 Å². The Balaban J connectivity index is 1.66. The number of hydrogen-bond donors (Lipinski definition) is 1. The number of piperazine rings is 3. The number of aryl methyl sites for hydroxylation is 1. The Morgan fingerprint density at radius 3 is 2.67 bits per heavy atom. The predicted molar refractivity (Wildman–Crippen MR) is 74.7 cm³/mol. The molecule has 2 bridgehead atoms. The molecule has 3 nitrogen and oxygen atoms in total. The fourth-order valence-corrected chi connectivity index (χ4v) is 3.31. The summed E-state index contributed by atoms with van der Waals surface area (Å²) < 4.78 is 0. The van der Waals surface area contributed by atoms with E-state index < -0.39 is 0 Å². The smallest absolute Gasteiger partial charge is 0.0378 e. The van der Waals surface area contributed by atoms with Gasteiger partial charge in [0.05, 0.1) is 0 Å². The van der Waals surface area contributed by atoms with Crippen LogP contribution in [0.4, 0.5) is 0 Å². The minimum Gasteiger partial charge on any atom is -0.326 e. The minimum atomic E-state index is 0.259. The van der Waals surface area contributed by atoms with E-state index in [0.29, 0.717) is 6.04 Å². The average Bonchev–Trinajstić information content (AvgIpc) is 2.40. The molecular formula is C15H23N3. The largest absolute Gasteiger partial charge is 0.326 e. The molecule has 3 aliphatic rings. The maximum Gasteiger partial charge on any atom is 0.0378 e. The van der Waals surface area contributed by atoms with E-state index in [1.54, 1.807) is 0 Å². The number of hydrogen-bond acceptors (Lipinski definition) is 3. The van der Waals surface area contributed by atoms with Crippen LogP contribution in [0.15, 0.2) is 24.3 Å². The summed E-state index contributed by atoms with van der Waals surface area (Å²) in [4.78, 5) is 5.14. The fraction of sp³-hybridized carbons (Fsp3) is 0.600. The van der Waals surface area contributed by atoms with Crippen LogP contribution in [0.25, 0.3) is 0 Å². The molecule has 0 spiro atoms. The number of fused-ring (bicyclic) bond motifs is 3. The van der Waals surface area contributed by atoms with Gasteiger partial charge in [-0.1, -0.05) is 29.8 Å². The van der Waals surface area contributed by atoms with Gasteiger partial charge in [0.1, 0.15) is 0 Å². The lowest BCUT2D eigenvalue weighted by atomic mass is 9.94. The maximum atomic E-state index is 6.45. The van der Waals surface area contributed by atoms with Gasteiger partial charge in [0.15, 0.2) is 0 Å². The lowest BCUT2D eigenvalue weighted by Gasteiger charge is -2.49. The van der Waals surface area contributed by atoms with E-state index >= 15 is 0 Å². The third-order valence-corrected chi connectivity index (χ3v) is 4.37.